The van der Waals surface area contributed by atoms with Gasteiger partial charge in [0.15, 0.2) is 0 Å². The molecule has 1 saturated heterocycles. The number of benzene rings is 2. The number of fused-ring (bicyclic) bond motifs is 1. The Bertz CT molecular complexity index is 754. The van der Waals surface area contributed by atoms with E-state index in [2.05, 4.69) is 35.6 Å². The number of hydrogen-bond acceptors (Lipinski definition) is 3. The Kier molecular flexibility index (Phi) is 5.32. The normalized spacial score (nSPS) is 20.1. The first-order chi connectivity index (χ1) is 12.8. The minimum Gasteiger partial charge on any atom is -0.376 e. The number of rotatable bonds is 5. The molecule has 0 aliphatic carbocycles. The summed E-state index contributed by atoms with van der Waals surface area (Å²) in [7, 11) is 0. The third-order valence-electron chi connectivity index (χ3n) is 5.29. The smallest absolute Gasteiger partial charge is 0.227 e. The number of nitrogens with one attached hydrogen (secondary N) is 1. The zero-order chi connectivity index (χ0) is 17.8. The van der Waals surface area contributed by atoms with Gasteiger partial charge in [0, 0.05) is 25.2 Å². The molecule has 2 heterocycles. The van der Waals surface area contributed by atoms with Crippen LogP contribution in [0.4, 0.5) is 5.69 Å². The fourth-order valence-electron chi connectivity index (χ4n) is 3.84. The van der Waals surface area contributed by atoms with E-state index in [1.54, 1.807) is 0 Å². The lowest BCUT2D eigenvalue weighted by Crippen LogP contribution is -2.38. The Morgan fingerprint density at radius 1 is 1.08 bits per heavy atom. The highest BCUT2D eigenvalue weighted by Gasteiger charge is 2.24. The Labute approximate surface area is 155 Å². The lowest BCUT2D eigenvalue weighted by atomic mass is 9.96. The summed E-state index contributed by atoms with van der Waals surface area (Å²) in [4.78, 5) is 14.4. The van der Waals surface area contributed by atoms with Crippen LogP contribution in [0.5, 0.6) is 0 Å². The Morgan fingerprint density at radius 2 is 1.96 bits per heavy atom. The minimum absolute atomic E-state index is 0.218. The van der Waals surface area contributed by atoms with Crippen molar-refractivity contribution < 1.29 is 9.53 Å². The van der Waals surface area contributed by atoms with Gasteiger partial charge in [0.1, 0.15) is 0 Å². The highest BCUT2D eigenvalue weighted by molar-refractivity contribution is 5.96. The minimum atomic E-state index is 0.218. The van der Waals surface area contributed by atoms with Crippen LogP contribution in [0.3, 0.4) is 0 Å². The maximum Gasteiger partial charge on any atom is 0.227 e. The van der Waals surface area contributed by atoms with Crippen molar-refractivity contribution in [3.05, 3.63) is 65.2 Å². The standard InChI is InChI=1S/C22H26N2O2/c25-22-11-8-19-14-17(6-9-20-15-23-12-13-26-20)7-10-21(19)24(22)16-18-4-2-1-3-5-18/h1-5,7,10,14,20,23H,6,8-9,11-13,15-16H2. The van der Waals surface area contributed by atoms with Crippen LogP contribution in [0.2, 0.25) is 0 Å². The number of aryl methyl sites for hydroxylation is 2. The molecule has 4 rings (SSSR count). The van der Waals surface area contributed by atoms with Gasteiger partial charge in [0.2, 0.25) is 5.91 Å². The van der Waals surface area contributed by atoms with Crippen molar-refractivity contribution in [3.8, 4) is 0 Å². The molecule has 1 N–H and O–H groups in total. The molecule has 0 saturated carbocycles. The summed E-state index contributed by atoms with van der Waals surface area (Å²) in [5.74, 6) is 0.218. The molecule has 2 aromatic rings. The Morgan fingerprint density at radius 3 is 2.77 bits per heavy atom. The summed E-state index contributed by atoms with van der Waals surface area (Å²) in [5.41, 5.74) is 4.87. The van der Waals surface area contributed by atoms with E-state index in [-0.39, 0.29) is 5.91 Å². The highest BCUT2D eigenvalue weighted by atomic mass is 16.5. The zero-order valence-electron chi connectivity index (χ0n) is 15.1. The van der Waals surface area contributed by atoms with E-state index in [9.17, 15) is 4.79 Å². The van der Waals surface area contributed by atoms with Crippen LogP contribution in [0, 0.1) is 0 Å². The van der Waals surface area contributed by atoms with Crippen molar-refractivity contribution in [2.45, 2.75) is 38.3 Å². The average Bonchev–Trinajstić information content (AvgIpc) is 2.70. The molecular formula is C22H26N2O2. The maximum atomic E-state index is 12.5. The largest absolute Gasteiger partial charge is 0.376 e. The van der Waals surface area contributed by atoms with Crippen LogP contribution >= 0.6 is 0 Å². The maximum absolute atomic E-state index is 12.5. The first-order valence-electron chi connectivity index (χ1n) is 9.58. The molecule has 1 atom stereocenters. The second-order valence-electron chi connectivity index (χ2n) is 7.16. The van der Waals surface area contributed by atoms with Gasteiger partial charge in [-0.05, 0) is 42.0 Å². The molecule has 4 heteroatoms. The van der Waals surface area contributed by atoms with Gasteiger partial charge in [0.05, 0.1) is 19.3 Å². The molecule has 1 unspecified atom stereocenters. The topological polar surface area (TPSA) is 41.6 Å². The van der Waals surface area contributed by atoms with E-state index in [0.717, 1.165) is 44.6 Å². The molecule has 0 spiro atoms. The van der Waals surface area contributed by atoms with Crippen LogP contribution < -0.4 is 10.2 Å². The fraction of sp³-hybridized carbons (Fsp3) is 0.409. The van der Waals surface area contributed by atoms with Crippen LogP contribution in [0.25, 0.3) is 0 Å². The van der Waals surface area contributed by atoms with Crippen molar-refractivity contribution in [3.63, 3.8) is 0 Å². The van der Waals surface area contributed by atoms with Crippen molar-refractivity contribution in [1.29, 1.82) is 0 Å². The monoisotopic (exact) mass is 350 g/mol. The van der Waals surface area contributed by atoms with Crippen LogP contribution in [-0.4, -0.2) is 31.7 Å². The van der Waals surface area contributed by atoms with Gasteiger partial charge in [-0.15, -0.1) is 0 Å². The number of carbonyl (C=O) groups excluding carboxylic acids is 1. The molecular weight excluding hydrogens is 324 g/mol. The summed E-state index contributed by atoms with van der Waals surface area (Å²) in [6.45, 7) is 3.37. The molecule has 1 amide bonds. The first-order valence-corrected chi connectivity index (χ1v) is 9.58. The molecule has 0 bridgehead atoms. The highest BCUT2D eigenvalue weighted by Crippen LogP contribution is 2.30. The second-order valence-corrected chi connectivity index (χ2v) is 7.16. The van der Waals surface area contributed by atoms with Crippen molar-refractivity contribution in [2.75, 3.05) is 24.6 Å². The molecule has 0 aromatic heterocycles. The third-order valence-corrected chi connectivity index (χ3v) is 5.29. The molecule has 2 aliphatic rings. The van der Waals surface area contributed by atoms with Gasteiger partial charge in [-0.1, -0.05) is 42.5 Å². The van der Waals surface area contributed by atoms with Gasteiger partial charge in [-0.25, -0.2) is 0 Å². The summed E-state index contributed by atoms with van der Waals surface area (Å²) < 4.78 is 5.79. The van der Waals surface area contributed by atoms with Gasteiger partial charge >= 0.3 is 0 Å². The molecule has 4 nitrogen and oxygen atoms in total. The van der Waals surface area contributed by atoms with Crippen molar-refractivity contribution in [2.24, 2.45) is 0 Å². The number of nitrogens with zero attached hydrogens (tertiary/aromatic N) is 1. The predicted molar refractivity (Wildman–Crippen MR) is 103 cm³/mol. The summed E-state index contributed by atoms with van der Waals surface area (Å²) in [5, 5.41) is 3.39. The van der Waals surface area contributed by atoms with Gasteiger partial charge < -0.3 is 15.0 Å². The Balaban J connectivity index is 1.47. The Hall–Kier alpha value is -2.17. The summed E-state index contributed by atoms with van der Waals surface area (Å²) >= 11 is 0. The second kappa shape index (κ2) is 8.02. The molecule has 1 fully saturated rings. The molecule has 0 radical (unpaired) electrons. The van der Waals surface area contributed by atoms with Crippen LogP contribution in [-0.2, 0) is 28.9 Å². The number of anilines is 1. The predicted octanol–water partition coefficient (Wildman–Crippen LogP) is 3.09. The number of amides is 1. The van der Waals surface area contributed by atoms with Gasteiger partial charge in [-0.3, -0.25) is 4.79 Å². The molecule has 26 heavy (non-hydrogen) atoms. The average molecular weight is 350 g/mol. The number of carbonyl (C=O) groups is 1. The van der Waals surface area contributed by atoms with E-state index < -0.39 is 0 Å². The lowest BCUT2D eigenvalue weighted by molar-refractivity contribution is -0.119. The number of morpholine rings is 1. The molecule has 2 aliphatic heterocycles. The van der Waals surface area contributed by atoms with Crippen molar-refractivity contribution in [1.82, 2.24) is 5.32 Å². The van der Waals surface area contributed by atoms with E-state index in [1.165, 1.54) is 16.7 Å². The molecule has 136 valence electrons. The molecule has 2 aromatic carbocycles. The van der Waals surface area contributed by atoms with Gasteiger partial charge in [0.25, 0.3) is 0 Å². The van der Waals surface area contributed by atoms with E-state index in [1.807, 2.05) is 23.1 Å². The quantitative estimate of drug-likeness (QED) is 0.901. The van der Waals surface area contributed by atoms with E-state index >= 15 is 0 Å². The van der Waals surface area contributed by atoms with Crippen LogP contribution in [0.1, 0.15) is 29.5 Å². The number of hydrogen-bond donors (Lipinski definition) is 1. The zero-order valence-corrected chi connectivity index (χ0v) is 15.1. The van der Waals surface area contributed by atoms with Gasteiger partial charge in [-0.2, -0.15) is 0 Å². The van der Waals surface area contributed by atoms with Crippen LogP contribution in [0.15, 0.2) is 48.5 Å². The van der Waals surface area contributed by atoms with E-state index in [4.69, 9.17) is 4.74 Å². The fourth-order valence-corrected chi connectivity index (χ4v) is 3.84. The third kappa shape index (κ3) is 3.97. The van der Waals surface area contributed by atoms with E-state index in [0.29, 0.717) is 19.1 Å². The lowest BCUT2D eigenvalue weighted by Gasteiger charge is -2.30. The summed E-state index contributed by atoms with van der Waals surface area (Å²) in [6.07, 6.45) is 3.81. The first kappa shape index (κ1) is 17.3. The summed E-state index contributed by atoms with van der Waals surface area (Å²) in [6, 6.07) is 16.8. The number of ether oxygens (including phenoxy) is 1. The SMILES string of the molecule is O=C1CCc2cc(CCC3CNCCO3)ccc2N1Cc1ccccc1. The van der Waals surface area contributed by atoms with Crippen molar-refractivity contribution >= 4 is 11.6 Å².